The van der Waals surface area contributed by atoms with Crippen LogP contribution in [-0.4, -0.2) is 71.3 Å². The second-order valence-corrected chi connectivity index (χ2v) is 8.55. The molecule has 0 bridgehead atoms. The average Bonchev–Trinajstić information content (AvgIpc) is 3.41. The van der Waals surface area contributed by atoms with Gasteiger partial charge in [-0.05, 0) is 36.8 Å². The lowest BCUT2D eigenvalue weighted by Gasteiger charge is -2.27. The Hall–Kier alpha value is -2.86. The van der Waals surface area contributed by atoms with Crippen molar-refractivity contribution in [3.05, 3.63) is 47.5 Å². The van der Waals surface area contributed by atoms with Crippen LogP contribution >= 0.6 is 11.6 Å². The number of imidazole rings is 1. The van der Waals surface area contributed by atoms with Crippen LogP contribution in [0.2, 0.25) is 5.02 Å². The van der Waals surface area contributed by atoms with Gasteiger partial charge >= 0.3 is 0 Å². The number of nitrogens with one attached hydrogen (secondary N) is 1. The molecule has 2 aliphatic heterocycles. The van der Waals surface area contributed by atoms with E-state index in [0.29, 0.717) is 5.02 Å². The third-order valence-electron chi connectivity index (χ3n) is 6.18. The Morgan fingerprint density at radius 2 is 1.97 bits per heavy atom. The maximum atomic E-state index is 13.0. The molecule has 2 fully saturated rings. The minimum absolute atomic E-state index is 0.0479. The summed E-state index contributed by atoms with van der Waals surface area (Å²) in [6, 6.07) is 14.0. The minimum Gasteiger partial charge on any atom is -0.371 e. The second-order valence-electron chi connectivity index (χ2n) is 8.14. The van der Waals surface area contributed by atoms with Gasteiger partial charge in [0.15, 0.2) is 13.1 Å². The number of rotatable bonds is 3. The standard InChI is InChI=1S/C23H25ClN5O/c1-27-10-12-28(13-11-27)23(30)16-8-9-29(15-16)17-6-7-19(24)18(14-17)22-25-20-4-2-3-5-21(20)26-22/h2-7,14,16H,1,8-13,15H2,(H,25,26)/q+1. The molecule has 1 amide bonds. The lowest BCUT2D eigenvalue weighted by molar-refractivity contribution is -0.530. The first-order valence-electron chi connectivity index (χ1n) is 10.4. The van der Waals surface area contributed by atoms with E-state index in [4.69, 9.17) is 16.6 Å². The van der Waals surface area contributed by atoms with Crippen molar-refractivity contribution in [1.29, 1.82) is 0 Å². The molecule has 1 N–H and O–H groups in total. The second kappa shape index (κ2) is 7.76. The van der Waals surface area contributed by atoms with Gasteiger partial charge in [-0.25, -0.2) is 9.56 Å². The highest BCUT2D eigenvalue weighted by Crippen LogP contribution is 2.33. The smallest absolute Gasteiger partial charge is 0.227 e. The maximum Gasteiger partial charge on any atom is 0.227 e. The van der Waals surface area contributed by atoms with E-state index < -0.39 is 0 Å². The number of aromatic amines is 1. The van der Waals surface area contributed by atoms with Crippen molar-refractivity contribution >= 4 is 40.9 Å². The van der Waals surface area contributed by atoms with Gasteiger partial charge in [-0.2, -0.15) is 0 Å². The molecule has 7 heteroatoms. The number of hydrogen-bond donors (Lipinski definition) is 1. The number of nitrogens with zero attached hydrogens (tertiary/aromatic N) is 4. The maximum absolute atomic E-state index is 13.0. The fourth-order valence-corrected chi connectivity index (χ4v) is 4.60. The number of benzene rings is 2. The van der Waals surface area contributed by atoms with E-state index in [-0.39, 0.29) is 11.8 Å². The number of fused-ring (bicyclic) bond motifs is 1. The van der Waals surface area contributed by atoms with Crippen LogP contribution in [0.4, 0.5) is 5.69 Å². The highest BCUT2D eigenvalue weighted by Gasteiger charge is 2.33. The number of carbonyl (C=O) groups is 1. The Bertz CT molecular complexity index is 1080. The lowest BCUT2D eigenvalue weighted by atomic mass is 10.1. The molecule has 0 spiro atoms. The van der Waals surface area contributed by atoms with Gasteiger partial charge in [-0.3, -0.25) is 4.79 Å². The fourth-order valence-electron chi connectivity index (χ4n) is 4.39. The monoisotopic (exact) mass is 422 g/mol. The van der Waals surface area contributed by atoms with Gasteiger partial charge in [0.2, 0.25) is 5.91 Å². The third kappa shape index (κ3) is 3.56. The Kier molecular flexibility index (Phi) is 4.95. The summed E-state index contributed by atoms with van der Waals surface area (Å²) in [6.45, 7) is 8.81. The quantitative estimate of drug-likeness (QED) is 0.659. The van der Waals surface area contributed by atoms with E-state index in [2.05, 4.69) is 22.7 Å². The number of hydrogen-bond acceptors (Lipinski definition) is 3. The zero-order chi connectivity index (χ0) is 20.7. The van der Waals surface area contributed by atoms with Gasteiger partial charge in [0.05, 0.1) is 35.1 Å². The first-order chi connectivity index (χ1) is 14.6. The van der Waals surface area contributed by atoms with E-state index in [1.807, 2.05) is 45.9 Å². The minimum atomic E-state index is 0.0479. The zero-order valence-corrected chi connectivity index (χ0v) is 17.6. The summed E-state index contributed by atoms with van der Waals surface area (Å²) in [5, 5.41) is 0.663. The van der Waals surface area contributed by atoms with Crippen molar-refractivity contribution in [2.24, 2.45) is 5.92 Å². The van der Waals surface area contributed by atoms with Crippen LogP contribution in [-0.2, 0) is 4.79 Å². The largest absolute Gasteiger partial charge is 0.371 e. The Labute approximate surface area is 180 Å². The first kappa shape index (κ1) is 19.1. The Morgan fingerprint density at radius 3 is 2.77 bits per heavy atom. The number of H-pyrrole nitrogens is 1. The lowest BCUT2D eigenvalue weighted by Crippen LogP contribution is -2.47. The van der Waals surface area contributed by atoms with Crippen LogP contribution in [0, 0.1) is 5.92 Å². The molecule has 2 aliphatic rings. The average molecular weight is 423 g/mol. The van der Waals surface area contributed by atoms with E-state index in [1.54, 1.807) is 0 Å². The van der Waals surface area contributed by atoms with Crippen LogP contribution in [0.15, 0.2) is 42.5 Å². The van der Waals surface area contributed by atoms with Crippen LogP contribution in [0.25, 0.3) is 22.4 Å². The highest BCUT2D eigenvalue weighted by atomic mass is 35.5. The van der Waals surface area contributed by atoms with Crippen molar-refractivity contribution in [1.82, 2.24) is 14.9 Å². The van der Waals surface area contributed by atoms with Crippen molar-refractivity contribution in [2.75, 3.05) is 44.2 Å². The third-order valence-corrected chi connectivity index (χ3v) is 6.51. The van der Waals surface area contributed by atoms with Crippen molar-refractivity contribution in [3.8, 4) is 11.4 Å². The number of halogens is 1. The molecule has 0 aliphatic carbocycles. The molecule has 0 saturated carbocycles. The number of piperazine rings is 1. The number of aromatic nitrogens is 2. The molecule has 30 heavy (non-hydrogen) atoms. The summed E-state index contributed by atoms with van der Waals surface area (Å²) in [7, 11) is 0. The van der Waals surface area contributed by atoms with E-state index in [0.717, 1.165) is 73.8 Å². The Balaban J connectivity index is 1.34. The summed E-state index contributed by atoms with van der Waals surface area (Å²) >= 11 is 6.51. The van der Waals surface area contributed by atoms with Crippen LogP contribution in [0.3, 0.4) is 0 Å². The van der Waals surface area contributed by atoms with Gasteiger partial charge < -0.3 is 14.8 Å². The van der Waals surface area contributed by atoms with E-state index in [1.165, 1.54) is 0 Å². The van der Waals surface area contributed by atoms with E-state index in [9.17, 15) is 4.79 Å². The summed E-state index contributed by atoms with van der Waals surface area (Å²) in [5.41, 5.74) is 3.87. The fraction of sp³-hybridized carbons (Fsp3) is 0.348. The number of para-hydroxylation sites is 2. The Morgan fingerprint density at radius 1 is 1.17 bits per heavy atom. The zero-order valence-electron chi connectivity index (χ0n) is 16.9. The van der Waals surface area contributed by atoms with Crippen LogP contribution in [0.5, 0.6) is 0 Å². The van der Waals surface area contributed by atoms with Gasteiger partial charge in [0, 0.05) is 24.3 Å². The summed E-state index contributed by atoms with van der Waals surface area (Å²) in [4.78, 5) is 25.3. The molecule has 2 saturated heterocycles. The van der Waals surface area contributed by atoms with E-state index >= 15 is 0 Å². The highest BCUT2D eigenvalue weighted by molar-refractivity contribution is 6.33. The predicted molar refractivity (Wildman–Crippen MR) is 121 cm³/mol. The molecule has 3 heterocycles. The SMILES string of the molecule is C=[N+]1CCN(C(=O)C2CCN(c3ccc(Cl)c(-c4nc5ccccc5[nH]4)c3)C2)CC1. The summed E-state index contributed by atoms with van der Waals surface area (Å²) in [6.07, 6.45) is 0.881. The van der Waals surface area contributed by atoms with Crippen LogP contribution < -0.4 is 4.90 Å². The molecule has 6 nitrogen and oxygen atoms in total. The topological polar surface area (TPSA) is 55.2 Å². The molecular formula is C23H25ClN5O+. The molecule has 0 radical (unpaired) electrons. The van der Waals surface area contributed by atoms with Crippen molar-refractivity contribution in [2.45, 2.75) is 6.42 Å². The molecule has 1 unspecified atom stereocenters. The van der Waals surface area contributed by atoms with Gasteiger partial charge in [0.25, 0.3) is 0 Å². The van der Waals surface area contributed by atoms with Gasteiger partial charge in [-0.1, -0.05) is 23.7 Å². The first-order valence-corrected chi connectivity index (χ1v) is 10.8. The summed E-state index contributed by atoms with van der Waals surface area (Å²) in [5.74, 6) is 1.09. The molecule has 5 rings (SSSR count). The van der Waals surface area contributed by atoms with Crippen molar-refractivity contribution in [3.63, 3.8) is 0 Å². The van der Waals surface area contributed by atoms with Gasteiger partial charge in [-0.15, -0.1) is 0 Å². The number of carbonyl (C=O) groups excluding carboxylic acids is 1. The van der Waals surface area contributed by atoms with Crippen molar-refractivity contribution < 1.29 is 9.37 Å². The summed E-state index contributed by atoms with van der Waals surface area (Å²) < 4.78 is 2.03. The normalized spacial score (nSPS) is 19.6. The molecule has 154 valence electrons. The number of amides is 1. The molecule has 1 atom stereocenters. The van der Waals surface area contributed by atoms with Crippen LogP contribution in [0.1, 0.15) is 6.42 Å². The predicted octanol–water partition coefficient (Wildman–Crippen LogP) is 3.26. The molecule has 1 aromatic heterocycles. The molecular weight excluding hydrogens is 398 g/mol. The van der Waals surface area contributed by atoms with Gasteiger partial charge in [0.1, 0.15) is 12.5 Å². The molecule has 3 aromatic rings. The molecule has 2 aromatic carbocycles. The number of anilines is 1.